The molecule has 1 fully saturated rings. The van der Waals surface area contributed by atoms with Crippen LogP contribution in [0.1, 0.15) is 191 Å². The maximum Gasteiger partial charge on any atom is 0.246 e. The number of amides is 8. The molecule has 8 amide bonds. The zero-order chi connectivity index (χ0) is 68.5. The van der Waals surface area contributed by atoms with Crippen molar-refractivity contribution in [2.75, 3.05) is 13.1 Å². The van der Waals surface area contributed by atoms with Gasteiger partial charge in [0.05, 0.1) is 30.1 Å². The summed E-state index contributed by atoms with van der Waals surface area (Å²) < 4.78 is 0. The number of nitrogens with two attached hydrogens (primary N) is 2. The average molecular weight is 1270 g/mol. The quantitative estimate of drug-likeness (QED) is 0.0672. The normalized spacial score (nSPS) is 23.8. The van der Waals surface area contributed by atoms with Crippen molar-refractivity contribution in [3.8, 4) is 0 Å². The Morgan fingerprint density at radius 2 is 1.18 bits per heavy atom. The van der Waals surface area contributed by atoms with Gasteiger partial charge in [0.1, 0.15) is 35.2 Å². The molecule has 1 aliphatic rings. The van der Waals surface area contributed by atoms with Gasteiger partial charge >= 0.3 is 0 Å². The highest BCUT2D eigenvalue weighted by molar-refractivity contribution is 6.41. The van der Waals surface area contributed by atoms with E-state index in [4.69, 9.17) is 11.5 Å². The first-order valence-corrected chi connectivity index (χ1v) is 32.2. The van der Waals surface area contributed by atoms with E-state index in [1.807, 2.05) is 38.1 Å². The van der Waals surface area contributed by atoms with Crippen molar-refractivity contribution < 1.29 is 67.1 Å². The lowest BCUT2D eigenvalue weighted by Crippen LogP contribution is -2.62. The summed E-state index contributed by atoms with van der Waals surface area (Å²) in [7, 11) is 0. The Balaban J connectivity index is 1.87. The minimum absolute atomic E-state index is 0.0168. The Morgan fingerprint density at radius 1 is 0.648 bits per heavy atom. The van der Waals surface area contributed by atoms with Gasteiger partial charge in [-0.15, -0.1) is 0 Å². The van der Waals surface area contributed by atoms with E-state index in [1.165, 1.54) is 55.4 Å². The van der Waals surface area contributed by atoms with Crippen LogP contribution in [-0.2, 0) is 73.5 Å². The number of ketones is 6. The Bertz CT molecular complexity index is 2930. The number of carbonyl (C=O) groups is 14. The number of nitrogens with one attached hydrogen (secondary N) is 9. The fourth-order valence-electron chi connectivity index (χ4n) is 11.1. The number of fused-ring (bicyclic) bond motifs is 1. The van der Waals surface area contributed by atoms with Crippen LogP contribution < -0.4 is 54.0 Å². The van der Waals surface area contributed by atoms with E-state index in [9.17, 15) is 67.1 Å². The first kappa shape index (κ1) is 77.7. The van der Waals surface area contributed by atoms with Crippen molar-refractivity contribution in [2.24, 2.45) is 40.6 Å². The van der Waals surface area contributed by atoms with Crippen LogP contribution in [0.5, 0.6) is 0 Å². The summed E-state index contributed by atoms with van der Waals surface area (Å²) >= 11 is 0. The Morgan fingerprint density at radius 3 is 1.73 bits per heavy atom. The molecule has 506 valence electrons. The van der Waals surface area contributed by atoms with E-state index in [0.717, 1.165) is 55.0 Å². The van der Waals surface area contributed by atoms with Crippen molar-refractivity contribution in [1.29, 1.82) is 0 Å². The molecule has 0 saturated carbocycles. The molecule has 0 spiro atoms. The van der Waals surface area contributed by atoms with Crippen LogP contribution in [0, 0.1) is 29.1 Å². The van der Waals surface area contributed by atoms with Gasteiger partial charge < -0.3 is 59.0 Å². The molecule has 25 heteroatoms. The average Bonchev–Trinajstić information content (AvgIpc) is 1.91. The number of para-hydroxylation sites is 1. The lowest BCUT2D eigenvalue weighted by atomic mass is 9.73. The summed E-state index contributed by atoms with van der Waals surface area (Å²) in [5.74, 6) is -12.6. The van der Waals surface area contributed by atoms with E-state index >= 15 is 0 Å². The number of aromatic amines is 1. The molecule has 0 radical (unpaired) electrons. The number of primary amides is 2. The highest BCUT2D eigenvalue weighted by Gasteiger charge is 2.41. The van der Waals surface area contributed by atoms with Crippen LogP contribution in [0.4, 0.5) is 0 Å². The van der Waals surface area contributed by atoms with Gasteiger partial charge in [0.25, 0.3) is 0 Å². The topological polar surface area (TPSA) is 403 Å². The lowest BCUT2D eigenvalue weighted by molar-refractivity contribution is -0.141. The first-order valence-electron chi connectivity index (χ1n) is 32.2. The van der Waals surface area contributed by atoms with Crippen LogP contribution in [0.15, 0.2) is 30.5 Å². The first-order chi connectivity index (χ1) is 42.6. The number of hydrogen-bond donors (Lipinski definition) is 11. The monoisotopic (exact) mass is 1270 g/mol. The third-order valence-electron chi connectivity index (χ3n) is 17.1. The van der Waals surface area contributed by atoms with Crippen molar-refractivity contribution in [3.63, 3.8) is 0 Å². The second kappa shape index (κ2) is 37.1. The third kappa shape index (κ3) is 25.2. The third-order valence-corrected chi connectivity index (χ3v) is 17.1. The Hall–Kier alpha value is -7.54. The minimum atomic E-state index is -1.63. The van der Waals surface area contributed by atoms with E-state index < -0.39 is 141 Å². The molecule has 2 heterocycles. The molecule has 0 aliphatic carbocycles. The van der Waals surface area contributed by atoms with E-state index in [0.29, 0.717) is 25.7 Å². The van der Waals surface area contributed by atoms with Crippen molar-refractivity contribution >= 4 is 92.9 Å². The predicted molar refractivity (Wildman–Crippen MR) is 343 cm³/mol. The summed E-state index contributed by atoms with van der Waals surface area (Å²) in [6.07, 6.45) is 8.77. The smallest absolute Gasteiger partial charge is 0.246 e. The molecule has 12 atom stereocenters. The van der Waals surface area contributed by atoms with Crippen LogP contribution in [0.25, 0.3) is 10.9 Å². The largest absolute Gasteiger partial charge is 0.370 e. The summed E-state index contributed by atoms with van der Waals surface area (Å²) in [4.78, 5) is 192. The van der Waals surface area contributed by atoms with Crippen LogP contribution >= 0.6 is 0 Å². The molecule has 1 aliphatic heterocycles. The number of Topliss-reactive ketones (excluding diaryl/α,β-unsaturated/α-hetero) is 6. The molecule has 91 heavy (non-hydrogen) atoms. The molecule has 25 nitrogen and oxygen atoms in total. The van der Waals surface area contributed by atoms with Crippen LogP contribution in [0.3, 0.4) is 0 Å². The fraction of sp³-hybridized carbons (Fsp3) is 0.667. The Kier molecular flexibility index (Phi) is 31.7. The zero-order valence-corrected chi connectivity index (χ0v) is 55.5. The number of aromatic nitrogens is 1. The highest BCUT2D eigenvalue weighted by Crippen LogP contribution is 2.35. The predicted octanol–water partition coefficient (Wildman–Crippen LogP) is 3.24. The minimum Gasteiger partial charge on any atom is -0.370 e. The van der Waals surface area contributed by atoms with Gasteiger partial charge in [-0.05, 0) is 105 Å². The van der Waals surface area contributed by atoms with E-state index in [1.54, 1.807) is 20.0 Å². The fourth-order valence-corrected chi connectivity index (χ4v) is 11.1. The van der Waals surface area contributed by atoms with Gasteiger partial charge in [-0.1, -0.05) is 104 Å². The second-order valence-electron chi connectivity index (χ2n) is 26.1. The number of benzene rings is 1. The van der Waals surface area contributed by atoms with E-state index in [-0.39, 0.29) is 75.5 Å². The van der Waals surface area contributed by atoms with Crippen molar-refractivity contribution in [2.45, 2.75) is 240 Å². The maximum atomic E-state index is 14.6. The van der Waals surface area contributed by atoms with Gasteiger partial charge in [-0.2, -0.15) is 0 Å². The molecule has 1 saturated heterocycles. The number of rotatable bonds is 24. The summed E-state index contributed by atoms with van der Waals surface area (Å²) in [6.45, 7) is 18.0. The molecule has 13 N–H and O–H groups in total. The summed E-state index contributed by atoms with van der Waals surface area (Å²) in [6, 6.07) is -1.34. The van der Waals surface area contributed by atoms with Crippen molar-refractivity contribution in [3.05, 3.63) is 36.0 Å². The molecule has 1 aromatic heterocycles. The molecule has 0 bridgehead atoms. The number of carbonyl (C=O) groups excluding carboxylic acids is 14. The maximum absolute atomic E-state index is 14.6. The SMILES string of the molecule is CC(=O)C[C@]1(C)CCCCCCCCCCC[C@@](C)(C(=O)NC(C)C(=O)N[C@@H](C)C(=O)NC(C)C(=O)N[C@@H](C)C(=O)C(=O)[C@H](C)NC[C@H](C)C(N)=O)NC(=O)[C@H](CC(C)C)CN[C@@H](CCC(N)=O)C(=O)C(=O)C(C)NC(=O)[C@H](Cc2c[nH]c3ccccc23)CC1=O. The molecular weight excluding hydrogens is 1170 g/mol. The van der Waals surface area contributed by atoms with Crippen LogP contribution in [-0.4, -0.2) is 148 Å². The standard InChI is InChI=1S/C66H103N11O14/c1-37(2)30-48-36-71-51(26-27-53(67)80)57(84)56(83)42(7)73-62(89)46(31-47-35-70-50-25-21-20-24-49(47)50)32-52(79)65(11,33-39(4)78)28-22-18-16-14-13-15-17-19-23-29-66(12,77-63(48)90)64(91)76-45(10)61(88)75-44(9)60(87)74-43(8)59(86)72-41(6)55(82)54(81)40(5)69-34-38(3)58(68)85/h20-21,24-25,35,37-38,40-46,48,51,69-71H,13-19,22-23,26-34,36H2,1-12H3,(H2,67,80)(H2,68,85)(H,72,86)(H,73,89)(H,74,87)(H,75,88)(H,76,91)(H,77,90)/t38-,40-,41-,42?,43?,44-,45?,46+,48+,51-,65-,66-/m0/s1. The summed E-state index contributed by atoms with van der Waals surface area (Å²) in [5, 5.41) is 22.3. The molecule has 1 aromatic carbocycles. The molecule has 3 unspecified atom stereocenters. The van der Waals surface area contributed by atoms with Gasteiger partial charge in [0.15, 0.2) is 0 Å². The summed E-state index contributed by atoms with van der Waals surface area (Å²) in [5.41, 5.74) is 9.67. The molecular formula is C66H103N11O14. The highest BCUT2D eigenvalue weighted by atomic mass is 16.2. The molecule has 3 rings (SSSR count). The van der Waals surface area contributed by atoms with Crippen LogP contribution in [0.2, 0.25) is 0 Å². The second-order valence-corrected chi connectivity index (χ2v) is 26.1. The van der Waals surface area contributed by atoms with Gasteiger partial charge in [-0.3, -0.25) is 67.1 Å². The van der Waals surface area contributed by atoms with Gasteiger partial charge in [0, 0.05) is 66.7 Å². The number of H-pyrrole nitrogens is 1. The van der Waals surface area contributed by atoms with E-state index in [2.05, 4.69) is 47.5 Å². The van der Waals surface area contributed by atoms with Crippen molar-refractivity contribution in [1.82, 2.24) is 47.5 Å². The Labute approximate surface area is 535 Å². The molecule has 2 aromatic rings. The number of hydrogen-bond acceptors (Lipinski definition) is 16. The van der Waals surface area contributed by atoms with Gasteiger partial charge in [0.2, 0.25) is 70.4 Å². The lowest BCUT2D eigenvalue weighted by Gasteiger charge is -2.33. The van der Waals surface area contributed by atoms with Gasteiger partial charge in [-0.25, -0.2) is 0 Å². The zero-order valence-electron chi connectivity index (χ0n) is 55.5.